The molecule has 4 aliphatic heterocycles. The van der Waals surface area contributed by atoms with Crippen LogP contribution in [0.1, 0.15) is 45.5 Å². The minimum absolute atomic E-state index is 0.259. The topological polar surface area (TPSA) is 49.3 Å². The Morgan fingerprint density at radius 3 is 2.53 bits per heavy atom. The Morgan fingerprint density at radius 2 is 1.70 bits per heavy atom. The number of dihydropyridines is 1. The van der Waals surface area contributed by atoms with E-state index in [9.17, 15) is 0 Å². The molecular weight excluding hydrogens is 368 g/mol. The molecule has 0 aliphatic carbocycles. The molecule has 1 unspecified atom stereocenters. The zero-order chi connectivity index (χ0) is 20.8. The highest BCUT2D eigenvalue weighted by Gasteiger charge is 2.27. The van der Waals surface area contributed by atoms with Crippen molar-refractivity contribution in [3.8, 4) is 0 Å². The average Bonchev–Trinajstić information content (AvgIpc) is 3.14. The number of aromatic nitrogens is 1. The van der Waals surface area contributed by atoms with Gasteiger partial charge in [0.2, 0.25) is 0 Å². The standard InChI is InChI=1S/C26H26N4/c1-15-17(3)25-14-26-18(4)16(2)24(30-26)13-22-10-6-8-20(28-22)11-19-7-5-9-21(27-19)12-23(15)29-25/h5-13,25,28-29H,14H2,1-4H3. The fourth-order valence-electron chi connectivity index (χ4n) is 4.24. The van der Waals surface area contributed by atoms with Crippen LogP contribution in [0.4, 0.5) is 0 Å². The SMILES string of the molecule is CC1=C(C)C2=NC1=CC1=CC=CC(=Cc3cccc(n3)C=C3NC(C2)C(C)=C3C)N1. The van der Waals surface area contributed by atoms with Crippen molar-refractivity contribution in [2.45, 2.75) is 40.2 Å². The Morgan fingerprint density at radius 1 is 0.900 bits per heavy atom. The van der Waals surface area contributed by atoms with Gasteiger partial charge in [-0.05, 0) is 92.5 Å². The van der Waals surface area contributed by atoms with Gasteiger partial charge >= 0.3 is 0 Å². The molecule has 5 heterocycles. The number of allylic oxidation sites excluding steroid dienone is 7. The van der Waals surface area contributed by atoms with Crippen LogP contribution in [0.2, 0.25) is 0 Å². The fourth-order valence-corrected chi connectivity index (χ4v) is 4.24. The Bertz CT molecular complexity index is 1200. The van der Waals surface area contributed by atoms with Crippen LogP contribution >= 0.6 is 0 Å². The summed E-state index contributed by atoms with van der Waals surface area (Å²) in [6.45, 7) is 8.76. The van der Waals surface area contributed by atoms with Gasteiger partial charge in [0.05, 0.1) is 23.1 Å². The number of nitrogens with one attached hydrogen (secondary N) is 2. The van der Waals surface area contributed by atoms with E-state index in [-0.39, 0.29) is 6.04 Å². The summed E-state index contributed by atoms with van der Waals surface area (Å²) in [4.78, 5) is 9.85. The molecular formula is C26H26N4. The molecule has 4 aliphatic rings. The van der Waals surface area contributed by atoms with Gasteiger partial charge in [-0.25, -0.2) is 4.98 Å². The second-order valence-electron chi connectivity index (χ2n) is 8.30. The molecule has 4 heteroatoms. The molecule has 1 aromatic heterocycles. The Hall–Kier alpha value is -3.40. The molecule has 0 saturated heterocycles. The number of fused-ring (bicyclic) bond motifs is 7. The van der Waals surface area contributed by atoms with E-state index in [1.807, 2.05) is 6.07 Å². The Balaban J connectivity index is 1.66. The number of nitrogens with zero attached hydrogens (tertiary/aromatic N) is 2. The highest BCUT2D eigenvalue weighted by Crippen LogP contribution is 2.32. The molecule has 0 aromatic carbocycles. The van der Waals surface area contributed by atoms with Crippen molar-refractivity contribution >= 4 is 17.9 Å². The smallest absolute Gasteiger partial charge is 0.0686 e. The molecule has 1 atom stereocenters. The maximum atomic E-state index is 5.01. The first-order chi connectivity index (χ1) is 14.5. The molecule has 30 heavy (non-hydrogen) atoms. The van der Waals surface area contributed by atoms with E-state index < -0.39 is 0 Å². The minimum Gasteiger partial charge on any atom is -0.378 e. The predicted molar refractivity (Wildman–Crippen MR) is 124 cm³/mol. The van der Waals surface area contributed by atoms with Crippen LogP contribution in [0.3, 0.4) is 0 Å². The molecule has 0 spiro atoms. The van der Waals surface area contributed by atoms with Gasteiger partial charge in [0.15, 0.2) is 0 Å². The summed E-state index contributed by atoms with van der Waals surface area (Å²) in [5, 5.41) is 7.21. The molecule has 0 fully saturated rings. The maximum absolute atomic E-state index is 5.01. The molecule has 0 saturated carbocycles. The van der Waals surface area contributed by atoms with Gasteiger partial charge < -0.3 is 10.6 Å². The van der Waals surface area contributed by atoms with Crippen molar-refractivity contribution in [1.82, 2.24) is 15.6 Å². The van der Waals surface area contributed by atoms with Crippen LogP contribution in [-0.4, -0.2) is 16.7 Å². The van der Waals surface area contributed by atoms with Crippen molar-refractivity contribution < 1.29 is 0 Å². The number of rotatable bonds is 0. The first-order valence-corrected chi connectivity index (χ1v) is 10.5. The first kappa shape index (κ1) is 18.6. The monoisotopic (exact) mass is 394 g/mol. The van der Waals surface area contributed by atoms with Gasteiger partial charge in [0.1, 0.15) is 0 Å². The summed E-state index contributed by atoms with van der Waals surface area (Å²) in [6.07, 6.45) is 13.5. The third-order valence-corrected chi connectivity index (χ3v) is 6.40. The predicted octanol–water partition coefficient (Wildman–Crippen LogP) is 5.19. The molecule has 4 nitrogen and oxygen atoms in total. The van der Waals surface area contributed by atoms with Crippen LogP contribution in [0.15, 0.2) is 92.6 Å². The summed E-state index contributed by atoms with van der Waals surface area (Å²) in [7, 11) is 0. The van der Waals surface area contributed by atoms with Crippen LogP contribution in [-0.2, 0) is 0 Å². The highest BCUT2D eigenvalue weighted by atomic mass is 15.0. The molecule has 8 bridgehead atoms. The van der Waals surface area contributed by atoms with Crippen molar-refractivity contribution in [2.24, 2.45) is 4.99 Å². The fraction of sp³-hybridized carbons (Fsp3) is 0.231. The second-order valence-corrected chi connectivity index (χ2v) is 8.30. The summed E-state index contributed by atoms with van der Waals surface area (Å²) in [5.41, 5.74) is 12.5. The summed E-state index contributed by atoms with van der Waals surface area (Å²) < 4.78 is 0. The van der Waals surface area contributed by atoms with Gasteiger partial charge in [-0.2, -0.15) is 0 Å². The zero-order valence-corrected chi connectivity index (χ0v) is 17.9. The lowest BCUT2D eigenvalue weighted by molar-refractivity contribution is 0.707. The van der Waals surface area contributed by atoms with E-state index in [4.69, 9.17) is 9.98 Å². The summed E-state index contributed by atoms with van der Waals surface area (Å²) >= 11 is 0. The van der Waals surface area contributed by atoms with E-state index in [0.717, 1.165) is 40.6 Å². The lowest BCUT2D eigenvalue weighted by Crippen LogP contribution is -2.26. The average molecular weight is 395 g/mol. The van der Waals surface area contributed by atoms with E-state index in [2.05, 4.69) is 86.9 Å². The van der Waals surface area contributed by atoms with E-state index in [1.165, 1.54) is 28.0 Å². The van der Waals surface area contributed by atoms with Crippen LogP contribution in [0.25, 0.3) is 12.2 Å². The first-order valence-electron chi connectivity index (χ1n) is 10.5. The minimum atomic E-state index is 0.259. The summed E-state index contributed by atoms with van der Waals surface area (Å²) in [5.74, 6) is 0. The van der Waals surface area contributed by atoms with Gasteiger partial charge in [-0.15, -0.1) is 0 Å². The van der Waals surface area contributed by atoms with Crippen molar-refractivity contribution in [2.75, 3.05) is 0 Å². The quantitative estimate of drug-likeness (QED) is 0.636. The zero-order valence-electron chi connectivity index (χ0n) is 17.9. The number of hydrogen-bond acceptors (Lipinski definition) is 4. The molecule has 1 aromatic rings. The molecule has 2 N–H and O–H groups in total. The number of hydrogen-bond donors (Lipinski definition) is 2. The van der Waals surface area contributed by atoms with Crippen LogP contribution in [0, 0.1) is 0 Å². The van der Waals surface area contributed by atoms with E-state index >= 15 is 0 Å². The largest absolute Gasteiger partial charge is 0.378 e. The maximum Gasteiger partial charge on any atom is 0.0686 e. The lowest BCUT2D eigenvalue weighted by atomic mass is 9.98. The normalized spacial score (nSPS) is 22.7. The Kier molecular flexibility index (Phi) is 4.43. The van der Waals surface area contributed by atoms with Crippen molar-refractivity contribution in [1.29, 1.82) is 0 Å². The third kappa shape index (κ3) is 3.28. The van der Waals surface area contributed by atoms with Gasteiger partial charge in [0.25, 0.3) is 0 Å². The van der Waals surface area contributed by atoms with Crippen LogP contribution in [0.5, 0.6) is 0 Å². The van der Waals surface area contributed by atoms with Gasteiger partial charge in [-0.3, -0.25) is 4.99 Å². The molecule has 0 radical (unpaired) electrons. The molecule has 0 amide bonds. The Labute approximate surface area is 177 Å². The molecule has 5 rings (SSSR count). The third-order valence-electron chi connectivity index (χ3n) is 6.40. The lowest BCUT2D eigenvalue weighted by Gasteiger charge is -2.15. The van der Waals surface area contributed by atoms with E-state index in [1.54, 1.807) is 0 Å². The van der Waals surface area contributed by atoms with Crippen LogP contribution < -0.4 is 10.6 Å². The number of pyridine rings is 1. The van der Waals surface area contributed by atoms with Gasteiger partial charge in [0, 0.05) is 29.2 Å². The van der Waals surface area contributed by atoms with Crippen molar-refractivity contribution in [3.63, 3.8) is 0 Å². The molecule has 150 valence electrons. The highest BCUT2D eigenvalue weighted by molar-refractivity contribution is 6.05. The van der Waals surface area contributed by atoms with E-state index in [0.29, 0.717) is 0 Å². The van der Waals surface area contributed by atoms with Crippen molar-refractivity contribution in [3.05, 3.63) is 99.0 Å². The van der Waals surface area contributed by atoms with Gasteiger partial charge in [-0.1, -0.05) is 12.1 Å². The number of aliphatic imine (C=N–C) groups is 1. The second kappa shape index (κ2) is 7.13. The summed E-state index contributed by atoms with van der Waals surface area (Å²) in [6, 6.07) is 6.41.